The molecular weight excluding hydrogens is 234 g/mol. The summed E-state index contributed by atoms with van der Waals surface area (Å²) in [7, 11) is 0. The van der Waals surface area contributed by atoms with Gasteiger partial charge in [0.05, 0.1) is 11.7 Å². The van der Waals surface area contributed by atoms with Crippen molar-refractivity contribution in [1.82, 2.24) is 15.3 Å². The smallest absolute Gasteiger partial charge is 0.0762 e. The first-order chi connectivity index (χ1) is 9.40. The van der Waals surface area contributed by atoms with Crippen LogP contribution >= 0.6 is 0 Å². The van der Waals surface area contributed by atoms with E-state index in [-0.39, 0.29) is 6.04 Å². The minimum Gasteiger partial charge on any atom is -0.308 e. The number of rotatable bonds is 4. The summed E-state index contributed by atoms with van der Waals surface area (Å²) in [6, 6.07) is 9.04. The number of hydrogen-bond donors (Lipinski definition) is 1. The molecule has 0 amide bonds. The van der Waals surface area contributed by atoms with Crippen LogP contribution in [0.1, 0.15) is 42.1 Å². The van der Waals surface area contributed by atoms with E-state index in [1.165, 1.54) is 24.0 Å². The van der Waals surface area contributed by atoms with Gasteiger partial charge in [-0.15, -0.1) is 0 Å². The molecule has 0 spiro atoms. The average Bonchev–Trinajstić information content (AvgIpc) is 2.89. The molecule has 2 atom stereocenters. The first-order valence-corrected chi connectivity index (χ1v) is 6.97. The molecule has 3 rings (SSSR count). The van der Waals surface area contributed by atoms with Gasteiger partial charge in [0.15, 0.2) is 0 Å². The summed E-state index contributed by atoms with van der Waals surface area (Å²) in [6.45, 7) is 3.09. The van der Waals surface area contributed by atoms with Gasteiger partial charge in [0.2, 0.25) is 0 Å². The summed E-state index contributed by atoms with van der Waals surface area (Å²) in [6.07, 6.45) is 7.75. The second kappa shape index (κ2) is 5.49. The van der Waals surface area contributed by atoms with Crippen molar-refractivity contribution < 1.29 is 0 Å². The molecule has 19 heavy (non-hydrogen) atoms. The Morgan fingerprint density at radius 3 is 3.00 bits per heavy atom. The van der Waals surface area contributed by atoms with Crippen LogP contribution in [0.2, 0.25) is 0 Å². The molecule has 1 aliphatic rings. The third kappa shape index (κ3) is 2.38. The van der Waals surface area contributed by atoms with Crippen molar-refractivity contribution in [3.63, 3.8) is 0 Å². The second-order valence-electron chi connectivity index (χ2n) is 5.01. The van der Waals surface area contributed by atoms with E-state index in [2.05, 4.69) is 46.5 Å². The van der Waals surface area contributed by atoms with Gasteiger partial charge in [0.1, 0.15) is 0 Å². The standard InChI is InChI=1S/C16H19N3/c1-2-18-16(15-11-17-9-10-19-15)14-8-7-12-5-3-4-6-13(12)14/h3-6,9-11,14,16,18H,2,7-8H2,1H3. The molecule has 1 aromatic carbocycles. The van der Waals surface area contributed by atoms with E-state index >= 15 is 0 Å². The van der Waals surface area contributed by atoms with E-state index in [0.717, 1.165) is 12.2 Å². The van der Waals surface area contributed by atoms with Gasteiger partial charge in [-0.25, -0.2) is 0 Å². The van der Waals surface area contributed by atoms with Crippen molar-refractivity contribution in [2.75, 3.05) is 6.54 Å². The van der Waals surface area contributed by atoms with Crippen molar-refractivity contribution in [1.29, 1.82) is 0 Å². The molecule has 3 nitrogen and oxygen atoms in total. The van der Waals surface area contributed by atoms with Gasteiger partial charge in [-0.1, -0.05) is 31.2 Å². The van der Waals surface area contributed by atoms with Crippen molar-refractivity contribution in [3.8, 4) is 0 Å². The van der Waals surface area contributed by atoms with E-state index < -0.39 is 0 Å². The molecule has 3 heteroatoms. The lowest BCUT2D eigenvalue weighted by Crippen LogP contribution is -2.27. The zero-order valence-electron chi connectivity index (χ0n) is 11.2. The summed E-state index contributed by atoms with van der Waals surface area (Å²) >= 11 is 0. The highest BCUT2D eigenvalue weighted by Crippen LogP contribution is 2.40. The fourth-order valence-electron chi connectivity index (χ4n) is 3.08. The first-order valence-electron chi connectivity index (χ1n) is 6.97. The Bertz CT molecular complexity index is 539. The van der Waals surface area contributed by atoms with Crippen LogP contribution in [-0.2, 0) is 6.42 Å². The zero-order valence-corrected chi connectivity index (χ0v) is 11.2. The third-order valence-corrected chi connectivity index (χ3v) is 3.91. The van der Waals surface area contributed by atoms with E-state index in [1.807, 2.05) is 6.20 Å². The maximum atomic E-state index is 4.49. The predicted octanol–water partition coefficient (Wildman–Crippen LogP) is 2.86. The lowest BCUT2D eigenvalue weighted by molar-refractivity contribution is 0.442. The van der Waals surface area contributed by atoms with Gasteiger partial charge in [-0.05, 0) is 30.5 Å². The topological polar surface area (TPSA) is 37.8 Å². The lowest BCUT2D eigenvalue weighted by atomic mass is 9.91. The maximum Gasteiger partial charge on any atom is 0.0762 e. The molecule has 0 fully saturated rings. The largest absolute Gasteiger partial charge is 0.308 e. The van der Waals surface area contributed by atoms with Crippen LogP contribution in [0.25, 0.3) is 0 Å². The Hall–Kier alpha value is -1.74. The Balaban J connectivity index is 1.94. The summed E-state index contributed by atoms with van der Waals surface area (Å²) in [5.41, 5.74) is 4.00. The number of hydrogen-bond acceptors (Lipinski definition) is 3. The molecule has 2 unspecified atom stereocenters. The molecule has 1 aromatic heterocycles. The highest BCUT2D eigenvalue weighted by Gasteiger charge is 2.30. The van der Waals surface area contributed by atoms with Gasteiger partial charge >= 0.3 is 0 Å². The second-order valence-corrected chi connectivity index (χ2v) is 5.01. The first kappa shape index (κ1) is 12.3. The number of aryl methyl sites for hydroxylation is 1. The average molecular weight is 253 g/mol. The van der Waals surface area contributed by atoms with Crippen molar-refractivity contribution >= 4 is 0 Å². The Morgan fingerprint density at radius 2 is 2.21 bits per heavy atom. The van der Waals surface area contributed by atoms with Crippen LogP contribution in [-0.4, -0.2) is 16.5 Å². The summed E-state index contributed by atoms with van der Waals surface area (Å²) in [5.74, 6) is 0.507. The summed E-state index contributed by atoms with van der Waals surface area (Å²) in [5, 5.41) is 3.58. The van der Waals surface area contributed by atoms with E-state index in [4.69, 9.17) is 0 Å². The fourth-order valence-corrected chi connectivity index (χ4v) is 3.08. The van der Waals surface area contributed by atoms with Crippen LogP contribution in [0, 0.1) is 0 Å². The van der Waals surface area contributed by atoms with Crippen molar-refractivity contribution in [3.05, 3.63) is 59.7 Å². The number of nitrogens with one attached hydrogen (secondary N) is 1. The number of benzene rings is 1. The van der Waals surface area contributed by atoms with Gasteiger partial charge in [0.25, 0.3) is 0 Å². The van der Waals surface area contributed by atoms with Crippen LogP contribution < -0.4 is 5.32 Å². The molecule has 98 valence electrons. The highest BCUT2D eigenvalue weighted by atomic mass is 15.0. The molecule has 0 radical (unpaired) electrons. The predicted molar refractivity (Wildman–Crippen MR) is 76.0 cm³/mol. The fraction of sp³-hybridized carbons (Fsp3) is 0.375. The third-order valence-electron chi connectivity index (χ3n) is 3.91. The molecule has 1 heterocycles. The molecule has 2 aromatic rings. The molecule has 0 aliphatic heterocycles. The van der Waals surface area contributed by atoms with Gasteiger partial charge < -0.3 is 5.32 Å². The molecule has 0 saturated carbocycles. The molecule has 0 saturated heterocycles. The minimum absolute atomic E-state index is 0.266. The SMILES string of the molecule is CCNC(c1cnccn1)C1CCc2ccccc21. The van der Waals surface area contributed by atoms with Crippen LogP contribution in [0.3, 0.4) is 0 Å². The van der Waals surface area contributed by atoms with Gasteiger partial charge in [-0.2, -0.15) is 0 Å². The Morgan fingerprint density at radius 1 is 1.32 bits per heavy atom. The number of likely N-dealkylation sites (N-methyl/N-ethyl adjacent to an activating group) is 1. The van der Waals surface area contributed by atoms with Crippen LogP contribution in [0.5, 0.6) is 0 Å². The Kier molecular flexibility index (Phi) is 3.56. The number of fused-ring (bicyclic) bond motifs is 1. The summed E-state index contributed by atoms with van der Waals surface area (Å²) in [4.78, 5) is 8.70. The summed E-state index contributed by atoms with van der Waals surface area (Å²) < 4.78 is 0. The van der Waals surface area contributed by atoms with E-state index in [9.17, 15) is 0 Å². The quantitative estimate of drug-likeness (QED) is 0.910. The molecular formula is C16H19N3. The minimum atomic E-state index is 0.266. The van der Waals surface area contributed by atoms with Crippen molar-refractivity contribution in [2.24, 2.45) is 0 Å². The highest BCUT2D eigenvalue weighted by molar-refractivity contribution is 5.37. The van der Waals surface area contributed by atoms with Crippen LogP contribution in [0.15, 0.2) is 42.9 Å². The van der Waals surface area contributed by atoms with Crippen LogP contribution in [0.4, 0.5) is 0 Å². The van der Waals surface area contributed by atoms with Crippen molar-refractivity contribution in [2.45, 2.75) is 31.7 Å². The van der Waals surface area contributed by atoms with E-state index in [1.54, 1.807) is 12.4 Å². The molecule has 0 bridgehead atoms. The zero-order chi connectivity index (χ0) is 13.1. The lowest BCUT2D eigenvalue weighted by Gasteiger charge is -2.24. The number of nitrogens with zero attached hydrogens (tertiary/aromatic N) is 2. The number of aromatic nitrogens is 2. The van der Waals surface area contributed by atoms with Gasteiger partial charge in [-0.3, -0.25) is 9.97 Å². The molecule has 1 N–H and O–H groups in total. The normalized spacial score (nSPS) is 19.1. The monoisotopic (exact) mass is 253 g/mol. The van der Waals surface area contributed by atoms with Gasteiger partial charge in [0, 0.05) is 24.5 Å². The maximum absolute atomic E-state index is 4.49. The van der Waals surface area contributed by atoms with E-state index in [0.29, 0.717) is 5.92 Å². The Labute approximate surface area is 114 Å². The molecule has 1 aliphatic carbocycles.